The van der Waals surface area contributed by atoms with Crippen LogP contribution in [0.2, 0.25) is 0 Å². The Bertz CT molecular complexity index is 157. The summed E-state index contributed by atoms with van der Waals surface area (Å²) in [5.41, 5.74) is 0.741. The van der Waals surface area contributed by atoms with Crippen molar-refractivity contribution in [3.8, 4) is 0 Å². The van der Waals surface area contributed by atoms with E-state index >= 15 is 0 Å². The lowest BCUT2D eigenvalue weighted by Crippen LogP contribution is -2.24. The van der Waals surface area contributed by atoms with Gasteiger partial charge in [0.05, 0.1) is 5.84 Å². The second kappa shape index (κ2) is 7.32. The highest BCUT2D eigenvalue weighted by molar-refractivity contribution is 7.37. The standard InChI is InChI=1S/C10H23N2P/c1-6-8-12(5)10(4)11-13-9(3)7-2/h9,13H,6-8H2,1-5H3/b11-10+. The van der Waals surface area contributed by atoms with Crippen LogP contribution in [0, 0.1) is 0 Å². The number of nitrogens with zero attached hydrogens (tertiary/aromatic N) is 2. The van der Waals surface area contributed by atoms with Crippen LogP contribution in [-0.4, -0.2) is 30.0 Å². The van der Waals surface area contributed by atoms with Crippen molar-refractivity contribution >= 4 is 14.6 Å². The van der Waals surface area contributed by atoms with Crippen molar-refractivity contribution < 1.29 is 0 Å². The maximum Gasteiger partial charge on any atom is 0.0993 e. The molecule has 0 aromatic heterocycles. The van der Waals surface area contributed by atoms with Crippen molar-refractivity contribution in [2.75, 3.05) is 13.6 Å². The molecule has 0 saturated carbocycles. The molecule has 0 rings (SSSR count). The van der Waals surface area contributed by atoms with Crippen molar-refractivity contribution in [2.24, 2.45) is 4.76 Å². The molecule has 0 aromatic carbocycles. The van der Waals surface area contributed by atoms with Crippen LogP contribution in [0.3, 0.4) is 0 Å². The Morgan fingerprint density at radius 3 is 2.54 bits per heavy atom. The lowest BCUT2D eigenvalue weighted by atomic mass is 10.4. The van der Waals surface area contributed by atoms with Crippen molar-refractivity contribution in [2.45, 2.75) is 46.2 Å². The maximum atomic E-state index is 4.58. The average Bonchev–Trinajstić information content (AvgIpc) is 2.13. The van der Waals surface area contributed by atoms with Crippen molar-refractivity contribution in [1.29, 1.82) is 0 Å². The molecule has 0 aliphatic carbocycles. The largest absolute Gasteiger partial charge is 0.363 e. The van der Waals surface area contributed by atoms with Crippen molar-refractivity contribution in [1.82, 2.24) is 4.90 Å². The van der Waals surface area contributed by atoms with Crippen LogP contribution < -0.4 is 0 Å². The number of rotatable bonds is 5. The van der Waals surface area contributed by atoms with Crippen LogP contribution in [0.25, 0.3) is 0 Å². The molecule has 13 heavy (non-hydrogen) atoms. The fourth-order valence-corrected chi connectivity index (χ4v) is 1.64. The molecule has 3 heteroatoms. The fourth-order valence-electron chi connectivity index (χ4n) is 0.877. The summed E-state index contributed by atoms with van der Waals surface area (Å²) < 4.78 is 4.58. The van der Waals surface area contributed by atoms with Gasteiger partial charge in [-0.15, -0.1) is 0 Å². The Morgan fingerprint density at radius 2 is 2.08 bits per heavy atom. The van der Waals surface area contributed by atoms with E-state index in [0.29, 0.717) is 0 Å². The molecule has 0 N–H and O–H groups in total. The van der Waals surface area contributed by atoms with E-state index in [1.165, 1.54) is 18.7 Å². The van der Waals surface area contributed by atoms with Gasteiger partial charge >= 0.3 is 0 Å². The van der Waals surface area contributed by atoms with Gasteiger partial charge in [0, 0.05) is 22.3 Å². The summed E-state index contributed by atoms with van der Waals surface area (Å²) in [7, 11) is 2.84. The van der Waals surface area contributed by atoms with E-state index in [1.807, 2.05) is 0 Å². The SMILES string of the molecule is CCCN(C)/C(C)=N/PC(C)CC. The summed E-state index contributed by atoms with van der Waals surface area (Å²) in [4.78, 5) is 2.23. The topological polar surface area (TPSA) is 15.6 Å². The summed E-state index contributed by atoms with van der Waals surface area (Å²) in [5, 5.41) is 0. The zero-order chi connectivity index (χ0) is 10.3. The summed E-state index contributed by atoms with van der Waals surface area (Å²) in [6, 6.07) is 0. The first-order chi connectivity index (χ1) is 6.11. The first-order valence-corrected chi connectivity index (χ1v) is 6.15. The summed E-state index contributed by atoms with van der Waals surface area (Å²) in [6.45, 7) is 9.89. The molecule has 0 heterocycles. The molecule has 0 bridgehead atoms. The monoisotopic (exact) mass is 202 g/mol. The molecular weight excluding hydrogens is 179 g/mol. The third-order valence-electron chi connectivity index (χ3n) is 2.17. The van der Waals surface area contributed by atoms with E-state index in [9.17, 15) is 0 Å². The van der Waals surface area contributed by atoms with Gasteiger partial charge < -0.3 is 4.90 Å². The van der Waals surface area contributed by atoms with Gasteiger partial charge in [0.25, 0.3) is 0 Å². The Balaban J connectivity index is 3.85. The number of hydrogen-bond donors (Lipinski definition) is 0. The quantitative estimate of drug-likeness (QED) is 0.380. The molecule has 0 aliphatic rings. The van der Waals surface area contributed by atoms with Gasteiger partial charge in [-0.3, -0.25) is 4.76 Å². The van der Waals surface area contributed by atoms with E-state index in [2.05, 4.69) is 44.4 Å². The Labute approximate surface area is 84.6 Å². The summed E-state index contributed by atoms with van der Waals surface area (Å²) in [6.07, 6.45) is 2.42. The lowest BCUT2D eigenvalue weighted by molar-refractivity contribution is 0.499. The van der Waals surface area contributed by atoms with Gasteiger partial charge in [-0.2, -0.15) is 0 Å². The summed E-state index contributed by atoms with van der Waals surface area (Å²) in [5.74, 6) is 1.18. The smallest absolute Gasteiger partial charge is 0.0993 e. The van der Waals surface area contributed by atoms with Crippen LogP contribution in [-0.2, 0) is 0 Å². The lowest BCUT2D eigenvalue weighted by Gasteiger charge is -2.18. The normalized spacial score (nSPS) is 15.3. The van der Waals surface area contributed by atoms with Gasteiger partial charge in [-0.05, 0) is 25.4 Å². The predicted molar refractivity (Wildman–Crippen MR) is 64.1 cm³/mol. The third kappa shape index (κ3) is 6.04. The van der Waals surface area contributed by atoms with Crippen LogP contribution in [0.1, 0.15) is 40.5 Å². The Morgan fingerprint density at radius 1 is 1.46 bits per heavy atom. The maximum absolute atomic E-state index is 4.58. The minimum Gasteiger partial charge on any atom is -0.363 e. The first kappa shape index (κ1) is 12.9. The van der Waals surface area contributed by atoms with E-state index in [0.717, 1.165) is 20.9 Å². The van der Waals surface area contributed by atoms with Crippen LogP contribution in [0.4, 0.5) is 0 Å². The van der Waals surface area contributed by atoms with E-state index in [-0.39, 0.29) is 0 Å². The molecular formula is C10H23N2P. The first-order valence-electron chi connectivity index (χ1n) is 5.12. The predicted octanol–water partition coefficient (Wildman–Crippen LogP) is 3.14. The fraction of sp³-hybridized carbons (Fsp3) is 0.900. The Hall–Kier alpha value is -0.100. The second-order valence-electron chi connectivity index (χ2n) is 3.52. The molecule has 2 atom stereocenters. The van der Waals surface area contributed by atoms with Gasteiger partial charge in [-0.25, -0.2) is 0 Å². The highest BCUT2D eigenvalue weighted by atomic mass is 31.1. The van der Waals surface area contributed by atoms with Crippen LogP contribution >= 0.6 is 8.73 Å². The van der Waals surface area contributed by atoms with E-state index in [1.54, 1.807) is 0 Å². The van der Waals surface area contributed by atoms with Crippen molar-refractivity contribution in [3.63, 3.8) is 0 Å². The van der Waals surface area contributed by atoms with Crippen LogP contribution in [0.5, 0.6) is 0 Å². The molecule has 2 unspecified atom stereocenters. The number of hydrogen-bond acceptors (Lipinski definition) is 1. The third-order valence-corrected chi connectivity index (χ3v) is 3.47. The van der Waals surface area contributed by atoms with Gasteiger partial charge in [0.15, 0.2) is 0 Å². The van der Waals surface area contributed by atoms with Crippen molar-refractivity contribution in [3.05, 3.63) is 0 Å². The molecule has 0 aliphatic heterocycles. The van der Waals surface area contributed by atoms with E-state index in [4.69, 9.17) is 0 Å². The minimum absolute atomic E-state index is 0.730. The molecule has 2 nitrogen and oxygen atoms in total. The second-order valence-corrected chi connectivity index (χ2v) is 4.99. The Kier molecular flexibility index (Phi) is 7.26. The van der Waals surface area contributed by atoms with Crippen LogP contribution in [0.15, 0.2) is 4.76 Å². The molecule has 0 spiro atoms. The highest BCUT2D eigenvalue weighted by Crippen LogP contribution is 2.22. The summed E-state index contributed by atoms with van der Waals surface area (Å²) >= 11 is 0. The molecule has 0 fully saturated rings. The van der Waals surface area contributed by atoms with Gasteiger partial charge in [0.2, 0.25) is 0 Å². The molecule has 0 saturated heterocycles. The zero-order valence-electron chi connectivity index (χ0n) is 9.59. The average molecular weight is 202 g/mol. The van der Waals surface area contributed by atoms with E-state index < -0.39 is 0 Å². The molecule has 0 aromatic rings. The molecule has 78 valence electrons. The molecule has 0 amide bonds. The number of amidine groups is 1. The van der Waals surface area contributed by atoms with Gasteiger partial charge in [-0.1, -0.05) is 20.8 Å². The zero-order valence-corrected chi connectivity index (χ0v) is 10.6. The minimum atomic E-state index is 0.730. The van der Waals surface area contributed by atoms with Gasteiger partial charge in [0.1, 0.15) is 0 Å². The molecule has 0 radical (unpaired) electrons. The highest BCUT2D eigenvalue weighted by Gasteiger charge is 2.00.